The second kappa shape index (κ2) is 10.5. The molecule has 1 heterocycles. The van der Waals surface area contributed by atoms with Gasteiger partial charge in [-0.3, -0.25) is 4.90 Å². The molecule has 1 N–H and O–H groups in total. The van der Waals surface area contributed by atoms with E-state index >= 15 is 0 Å². The van der Waals surface area contributed by atoms with Crippen molar-refractivity contribution in [2.24, 2.45) is 5.92 Å². The van der Waals surface area contributed by atoms with E-state index in [0.717, 1.165) is 38.7 Å². The van der Waals surface area contributed by atoms with Crippen molar-refractivity contribution in [3.63, 3.8) is 0 Å². The molecule has 1 unspecified atom stereocenters. The van der Waals surface area contributed by atoms with E-state index in [1.807, 2.05) is 0 Å². The Hall–Kier alpha value is -0.160. The quantitative estimate of drug-likeness (QED) is 0.625. The minimum atomic E-state index is 0.380. The highest BCUT2D eigenvalue weighted by atomic mass is 16.5. The van der Waals surface area contributed by atoms with Gasteiger partial charge in [-0.1, -0.05) is 34.1 Å². The van der Waals surface area contributed by atoms with E-state index in [-0.39, 0.29) is 0 Å². The van der Waals surface area contributed by atoms with Crippen LogP contribution in [0.1, 0.15) is 40.5 Å². The molecule has 126 valence electrons. The Kier molecular flexibility index (Phi) is 9.49. The largest absolute Gasteiger partial charge is 0.374 e. The molecule has 0 amide bonds. The molecule has 0 spiro atoms. The Labute approximate surface area is 132 Å². The van der Waals surface area contributed by atoms with Gasteiger partial charge >= 0.3 is 0 Å². The van der Waals surface area contributed by atoms with E-state index in [9.17, 15) is 0 Å². The fraction of sp³-hybridized carbons (Fsp3) is 1.00. The van der Waals surface area contributed by atoms with Crippen LogP contribution in [0, 0.1) is 5.92 Å². The first-order valence-corrected chi connectivity index (χ1v) is 8.77. The molecule has 0 radical (unpaired) electrons. The van der Waals surface area contributed by atoms with Crippen molar-refractivity contribution in [3.05, 3.63) is 0 Å². The zero-order valence-electron chi connectivity index (χ0n) is 14.9. The van der Waals surface area contributed by atoms with Crippen LogP contribution in [0.5, 0.6) is 0 Å². The van der Waals surface area contributed by atoms with Gasteiger partial charge in [0.05, 0.1) is 12.7 Å². The van der Waals surface area contributed by atoms with Crippen molar-refractivity contribution in [2.75, 3.05) is 52.9 Å². The number of ether oxygens (including phenoxy) is 1. The Morgan fingerprint density at radius 1 is 1.33 bits per heavy atom. The van der Waals surface area contributed by atoms with Gasteiger partial charge in [-0.25, -0.2) is 0 Å². The van der Waals surface area contributed by atoms with Gasteiger partial charge in [0, 0.05) is 32.2 Å². The lowest BCUT2D eigenvalue weighted by molar-refractivity contribution is -0.0417. The van der Waals surface area contributed by atoms with Gasteiger partial charge in [0.2, 0.25) is 0 Å². The average molecular weight is 300 g/mol. The molecule has 1 aliphatic rings. The van der Waals surface area contributed by atoms with Gasteiger partial charge in [-0.2, -0.15) is 0 Å². The highest BCUT2D eigenvalue weighted by molar-refractivity contribution is 4.75. The summed E-state index contributed by atoms with van der Waals surface area (Å²) in [5.41, 5.74) is 0. The lowest BCUT2D eigenvalue weighted by atomic mass is 10.1. The van der Waals surface area contributed by atoms with E-state index in [1.165, 1.54) is 25.9 Å². The van der Waals surface area contributed by atoms with Crippen LogP contribution in [0.4, 0.5) is 0 Å². The number of rotatable bonds is 10. The summed E-state index contributed by atoms with van der Waals surface area (Å²) in [5, 5.41) is 3.49. The van der Waals surface area contributed by atoms with Gasteiger partial charge in [-0.05, 0) is 32.5 Å². The molecular weight excluding hydrogens is 262 g/mol. The van der Waals surface area contributed by atoms with Crippen LogP contribution in [0.15, 0.2) is 0 Å². The number of nitrogens with one attached hydrogen (secondary N) is 1. The molecule has 1 saturated heterocycles. The van der Waals surface area contributed by atoms with E-state index < -0.39 is 0 Å². The molecule has 4 nitrogen and oxygen atoms in total. The molecule has 1 rings (SSSR count). The molecule has 0 aromatic rings. The third kappa shape index (κ3) is 8.77. The SMILES string of the molecule is CCC(C)CN(C)C[C@H]1CN(CCCNC(C)C)CCO1. The van der Waals surface area contributed by atoms with E-state index in [2.05, 4.69) is 49.9 Å². The van der Waals surface area contributed by atoms with Gasteiger partial charge in [0.15, 0.2) is 0 Å². The fourth-order valence-corrected chi connectivity index (χ4v) is 2.87. The van der Waals surface area contributed by atoms with Crippen molar-refractivity contribution in [3.8, 4) is 0 Å². The first kappa shape index (κ1) is 18.9. The van der Waals surface area contributed by atoms with Gasteiger partial charge < -0.3 is 15.0 Å². The van der Waals surface area contributed by atoms with Crippen LogP contribution in [0.3, 0.4) is 0 Å². The molecule has 0 aromatic carbocycles. The van der Waals surface area contributed by atoms with Crippen LogP contribution >= 0.6 is 0 Å². The number of likely N-dealkylation sites (N-methyl/N-ethyl adjacent to an activating group) is 1. The topological polar surface area (TPSA) is 27.7 Å². The Bertz CT molecular complexity index is 260. The molecule has 0 aromatic heterocycles. The fourth-order valence-electron chi connectivity index (χ4n) is 2.87. The number of morpholine rings is 1. The minimum Gasteiger partial charge on any atom is -0.374 e. The summed E-state index contributed by atoms with van der Waals surface area (Å²) in [6, 6.07) is 0.594. The van der Waals surface area contributed by atoms with Crippen molar-refractivity contribution >= 4 is 0 Å². The lowest BCUT2D eigenvalue weighted by Crippen LogP contribution is -2.48. The third-order valence-corrected chi connectivity index (χ3v) is 4.26. The smallest absolute Gasteiger partial charge is 0.0829 e. The summed E-state index contributed by atoms with van der Waals surface area (Å²) in [4.78, 5) is 5.00. The Balaban J connectivity index is 2.19. The molecule has 0 aliphatic carbocycles. The molecule has 2 atom stereocenters. The highest BCUT2D eigenvalue weighted by Gasteiger charge is 2.21. The maximum absolute atomic E-state index is 5.94. The van der Waals surface area contributed by atoms with Crippen LogP contribution in [0.25, 0.3) is 0 Å². The second-order valence-corrected chi connectivity index (χ2v) is 6.99. The Morgan fingerprint density at radius 2 is 2.10 bits per heavy atom. The summed E-state index contributed by atoms with van der Waals surface area (Å²) >= 11 is 0. The van der Waals surface area contributed by atoms with Crippen LogP contribution in [0.2, 0.25) is 0 Å². The van der Waals surface area contributed by atoms with Gasteiger partial charge in [0.1, 0.15) is 0 Å². The zero-order valence-corrected chi connectivity index (χ0v) is 14.9. The van der Waals surface area contributed by atoms with Crippen molar-refractivity contribution < 1.29 is 4.74 Å². The minimum absolute atomic E-state index is 0.380. The lowest BCUT2D eigenvalue weighted by Gasteiger charge is -2.35. The van der Waals surface area contributed by atoms with Crippen LogP contribution in [-0.4, -0.2) is 74.9 Å². The molecule has 1 aliphatic heterocycles. The molecular formula is C17H37N3O. The highest BCUT2D eigenvalue weighted by Crippen LogP contribution is 2.09. The number of hydrogen-bond donors (Lipinski definition) is 1. The summed E-state index contributed by atoms with van der Waals surface area (Å²) in [6.45, 7) is 16.6. The van der Waals surface area contributed by atoms with Gasteiger partial charge in [-0.15, -0.1) is 0 Å². The second-order valence-electron chi connectivity index (χ2n) is 6.99. The molecule has 0 bridgehead atoms. The van der Waals surface area contributed by atoms with Crippen LogP contribution < -0.4 is 5.32 Å². The predicted molar refractivity (Wildman–Crippen MR) is 90.9 cm³/mol. The summed E-state index contributed by atoms with van der Waals surface area (Å²) in [6.07, 6.45) is 2.87. The van der Waals surface area contributed by atoms with Crippen molar-refractivity contribution in [2.45, 2.75) is 52.7 Å². The molecule has 0 saturated carbocycles. The van der Waals surface area contributed by atoms with E-state index in [4.69, 9.17) is 4.74 Å². The van der Waals surface area contributed by atoms with Gasteiger partial charge in [0.25, 0.3) is 0 Å². The normalized spacial score (nSPS) is 22.1. The summed E-state index contributed by atoms with van der Waals surface area (Å²) < 4.78 is 5.94. The molecule has 1 fully saturated rings. The number of nitrogens with zero attached hydrogens (tertiary/aromatic N) is 2. The standard InChI is InChI=1S/C17H37N3O/c1-6-16(4)12-19(5)13-17-14-20(10-11-21-17)9-7-8-18-15(2)3/h15-18H,6-14H2,1-5H3/t16?,17-/m0/s1. The first-order valence-electron chi connectivity index (χ1n) is 8.77. The average Bonchev–Trinajstić information content (AvgIpc) is 2.43. The predicted octanol–water partition coefficient (Wildman–Crippen LogP) is 2.05. The monoisotopic (exact) mass is 299 g/mol. The van der Waals surface area contributed by atoms with Crippen molar-refractivity contribution in [1.82, 2.24) is 15.1 Å². The van der Waals surface area contributed by atoms with Crippen molar-refractivity contribution in [1.29, 1.82) is 0 Å². The zero-order chi connectivity index (χ0) is 15.7. The molecule has 21 heavy (non-hydrogen) atoms. The van der Waals surface area contributed by atoms with E-state index in [1.54, 1.807) is 0 Å². The number of hydrogen-bond acceptors (Lipinski definition) is 4. The summed E-state index contributed by atoms with van der Waals surface area (Å²) in [5.74, 6) is 0.775. The third-order valence-electron chi connectivity index (χ3n) is 4.26. The summed E-state index contributed by atoms with van der Waals surface area (Å²) in [7, 11) is 2.22. The maximum Gasteiger partial charge on any atom is 0.0829 e. The Morgan fingerprint density at radius 3 is 2.76 bits per heavy atom. The first-order chi connectivity index (χ1) is 10.0. The molecule has 4 heteroatoms. The van der Waals surface area contributed by atoms with Crippen LogP contribution in [-0.2, 0) is 4.74 Å². The van der Waals surface area contributed by atoms with E-state index in [0.29, 0.717) is 12.1 Å². The maximum atomic E-state index is 5.94.